The van der Waals surface area contributed by atoms with Gasteiger partial charge >= 0.3 is 0 Å². The molecule has 30 heavy (non-hydrogen) atoms. The molecule has 3 aromatic rings. The predicted molar refractivity (Wildman–Crippen MR) is 123 cm³/mol. The first-order chi connectivity index (χ1) is 14.7. The number of methoxy groups -OCH3 is 2. The quantitative estimate of drug-likeness (QED) is 0.453. The minimum Gasteiger partial charge on any atom is -0.496 e. The molecule has 0 bridgehead atoms. The molecule has 0 saturated heterocycles. The largest absolute Gasteiger partial charge is 0.496 e. The summed E-state index contributed by atoms with van der Waals surface area (Å²) in [6, 6.07) is 20.5. The Morgan fingerprint density at radius 2 is 1.67 bits per heavy atom. The summed E-state index contributed by atoms with van der Waals surface area (Å²) in [7, 11) is 3.36. The van der Waals surface area contributed by atoms with Gasteiger partial charge in [-0.1, -0.05) is 36.4 Å². The van der Waals surface area contributed by atoms with Gasteiger partial charge in [-0.15, -0.1) is 0 Å². The zero-order valence-electron chi connectivity index (χ0n) is 17.2. The maximum absolute atomic E-state index is 6.12. The molecule has 0 unspecified atom stereocenters. The molecule has 3 aromatic carbocycles. The molecule has 5 heteroatoms. The average Bonchev–Trinajstić information content (AvgIpc) is 2.78. The van der Waals surface area contributed by atoms with Gasteiger partial charge in [0.1, 0.15) is 12.4 Å². The first kappa shape index (κ1) is 20.5. The lowest BCUT2D eigenvalue weighted by Crippen LogP contribution is -2.16. The van der Waals surface area contributed by atoms with E-state index in [0.717, 1.165) is 57.9 Å². The minimum absolute atomic E-state index is 0.494. The normalized spacial score (nSPS) is 12.7. The van der Waals surface area contributed by atoms with Crippen molar-refractivity contribution in [2.45, 2.75) is 19.4 Å². The molecule has 1 aliphatic rings. The van der Waals surface area contributed by atoms with Crippen LogP contribution in [-0.4, -0.2) is 26.5 Å². The number of ether oxygens (including phenoxy) is 3. The van der Waals surface area contributed by atoms with E-state index in [1.165, 1.54) is 11.1 Å². The molecule has 4 rings (SSSR count). The first-order valence-electron chi connectivity index (χ1n) is 9.91. The number of halogens is 1. The van der Waals surface area contributed by atoms with Gasteiger partial charge < -0.3 is 14.2 Å². The van der Waals surface area contributed by atoms with Gasteiger partial charge in [-0.05, 0) is 63.3 Å². The third kappa shape index (κ3) is 4.51. The summed E-state index contributed by atoms with van der Waals surface area (Å²) in [5.41, 5.74) is 5.75. The molecule has 0 N–H and O–H groups in total. The fourth-order valence-corrected chi connectivity index (χ4v) is 4.23. The third-order valence-electron chi connectivity index (χ3n) is 5.21. The summed E-state index contributed by atoms with van der Waals surface area (Å²) >= 11 is 3.58. The zero-order valence-corrected chi connectivity index (χ0v) is 18.7. The zero-order chi connectivity index (χ0) is 20.9. The van der Waals surface area contributed by atoms with Crippen molar-refractivity contribution in [1.29, 1.82) is 0 Å². The molecule has 154 valence electrons. The van der Waals surface area contributed by atoms with Crippen molar-refractivity contribution in [3.05, 3.63) is 87.4 Å². The van der Waals surface area contributed by atoms with Crippen LogP contribution in [0.1, 0.15) is 22.3 Å². The van der Waals surface area contributed by atoms with E-state index in [9.17, 15) is 0 Å². The molecule has 0 spiro atoms. The van der Waals surface area contributed by atoms with Crippen LogP contribution in [0.4, 0.5) is 0 Å². The van der Waals surface area contributed by atoms with Crippen molar-refractivity contribution in [2.24, 2.45) is 4.99 Å². The second kappa shape index (κ2) is 9.35. The fourth-order valence-electron chi connectivity index (χ4n) is 3.65. The summed E-state index contributed by atoms with van der Waals surface area (Å²) in [5.74, 6) is 2.33. The van der Waals surface area contributed by atoms with E-state index in [0.29, 0.717) is 6.61 Å². The molecule has 0 saturated carbocycles. The van der Waals surface area contributed by atoms with Crippen LogP contribution in [0, 0.1) is 0 Å². The van der Waals surface area contributed by atoms with Gasteiger partial charge in [0.15, 0.2) is 11.5 Å². The summed E-state index contributed by atoms with van der Waals surface area (Å²) in [6.45, 7) is 1.28. The van der Waals surface area contributed by atoms with Crippen molar-refractivity contribution in [3.63, 3.8) is 0 Å². The Balaban J connectivity index is 1.60. The Morgan fingerprint density at radius 1 is 0.867 bits per heavy atom. The Hall–Kier alpha value is -2.79. The molecular formula is C25H24BrNO3. The van der Waals surface area contributed by atoms with Gasteiger partial charge in [-0.3, -0.25) is 4.99 Å². The van der Waals surface area contributed by atoms with Crippen molar-refractivity contribution < 1.29 is 14.2 Å². The van der Waals surface area contributed by atoms with Crippen LogP contribution in [-0.2, 0) is 19.4 Å². The van der Waals surface area contributed by atoms with Gasteiger partial charge in [0, 0.05) is 24.2 Å². The Bertz CT molecular complexity index is 1060. The molecule has 0 atom stereocenters. The van der Waals surface area contributed by atoms with Crippen LogP contribution in [0.3, 0.4) is 0 Å². The molecule has 0 amide bonds. The first-order valence-corrected chi connectivity index (χ1v) is 10.7. The highest BCUT2D eigenvalue weighted by Gasteiger charge is 2.19. The molecule has 1 aliphatic heterocycles. The smallest absolute Gasteiger partial charge is 0.162 e. The summed E-state index contributed by atoms with van der Waals surface area (Å²) in [4.78, 5) is 4.83. The van der Waals surface area contributed by atoms with E-state index >= 15 is 0 Å². The van der Waals surface area contributed by atoms with Crippen molar-refractivity contribution in [2.75, 3.05) is 20.8 Å². The van der Waals surface area contributed by atoms with Gasteiger partial charge in [0.25, 0.3) is 0 Å². The monoisotopic (exact) mass is 465 g/mol. The topological polar surface area (TPSA) is 40.0 Å². The SMILES string of the molecule is COc1ccc(CC2=NCCc3cc(OC)c(OCc4ccccc4)cc32)cc1Br. The standard InChI is InChI=1S/C25H24BrNO3/c1-28-23-9-8-18(12-21(23)26)13-22-20-15-25(30-16-17-6-4-3-5-7-17)24(29-2)14-19(20)10-11-27-22/h3-9,12,14-15H,10-11,13,16H2,1-2H3. The second-order valence-corrected chi connectivity index (χ2v) is 8.01. The molecular weight excluding hydrogens is 442 g/mol. The second-order valence-electron chi connectivity index (χ2n) is 7.16. The molecule has 4 nitrogen and oxygen atoms in total. The number of fused-ring (bicyclic) bond motifs is 1. The number of benzene rings is 3. The predicted octanol–water partition coefficient (Wildman–Crippen LogP) is 5.63. The lowest BCUT2D eigenvalue weighted by atomic mass is 9.93. The number of rotatable bonds is 7. The van der Waals surface area contributed by atoms with Gasteiger partial charge in [-0.2, -0.15) is 0 Å². The summed E-state index contributed by atoms with van der Waals surface area (Å²) in [6.07, 6.45) is 1.65. The molecule has 0 radical (unpaired) electrons. The highest BCUT2D eigenvalue weighted by atomic mass is 79.9. The lowest BCUT2D eigenvalue weighted by Gasteiger charge is -2.21. The molecule has 0 aliphatic carbocycles. The highest BCUT2D eigenvalue weighted by Crippen LogP contribution is 2.34. The number of hydrogen-bond acceptors (Lipinski definition) is 4. The van der Waals surface area contributed by atoms with Crippen molar-refractivity contribution in [1.82, 2.24) is 0 Å². The van der Waals surface area contributed by atoms with Crippen LogP contribution in [0.2, 0.25) is 0 Å². The van der Waals surface area contributed by atoms with E-state index in [-0.39, 0.29) is 0 Å². The van der Waals surface area contributed by atoms with Crippen molar-refractivity contribution >= 4 is 21.6 Å². The third-order valence-corrected chi connectivity index (χ3v) is 5.83. The Labute approximate surface area is 185 Å². The van der Waals surface area contributed by atoms with Crippen LogP contribution in [0.25, 0.3) is 0 Å². The van der Waals surface area contributed by atoms with E-state index in [1.54, 1.807) is 14.2 Å². The molecule has 1 heterocycles. The van der Waals surface area contributed by atoms with E-state index in [4.69, 9.17) is 19.2 Å². The van der Waals surface area contributed by atoms with Crippen molar-refractivity contribution in [3.8, 4) is 17.2 Å². The van der Waals surface area contributed by atoms with Crippen LogP contribution in [0.15, 0.2) is 70.1 Å². The van der Waals surface area contributed by atoms with Crippen LogP contribution < -0.4 is 14.2 Å². The van der Waals surface area contributed by atoms with Gasteiger partial charge in [0.2, 0.25) is 0 Å². The maximum atomic E-state index is 6.12. The molecule has 0 aromatic heterocycles. The highest BCUT2D eigenvalue weighted by molar-refractivity contribution is 9.10. The number of aliphatic imine (C=N–C) groups is 1. The fraction of sp³-hybridized carbons (Fsp3) is 0.240. The number of hydrogen-bond donors (Lipinski definition) is 0. The lowest BCUT2D eigenvalue weighted by molar-refractivity contribution is 0.284. The Kier molecular flexibility index (Phi) is 6.38. The van der Waals surface area contributed by atoms with Crippen LogP contribution >= 0.6 is 15.9 Å². The van der Waals surface area contributed by atoms with E-state index in [1.807, 2.05) is 24.3 Å². The van der Waals surface area contributed by atoms with E-state index in [2.05, 4.69) is 52.3 Å². The Morgan fingerprint density at radius 3 is 2.40 bits per heavy atom. The molecule has 0 fully saturated rings. The maximum Gasteiger partial charge on any atom is 0.162 e. The summed E-state index contributed by atoms with van der Waals surface area (Å²) in [5, 5.41) is 0. The van der Waals surface area contributed by atoms with Gasteiger partial charge in [0.05, 0.1) is 18.7 Å². The number of nitrogens with zero attached hydrogens (tertiary/aromatic N) is 1. The summed E-state index contributed by atoms with van der Waals surface area (Å²) < 4.78 is 18.0. The van der Waals surface area contributed by atoms with Gasteiger partial charge in [-0.25, -0.2) is 0 Å². The minimum atomic E-state index is 0.494. The van der Waals surface area contributed by atoms with Crippen LogP contribution in [0.5, 0.6) is 17.2 Å². The van der Waals surface area contributed by atoms with E-state index < -0.39 is 0 Å². The average molecular weight is 466 g/mol.